The van der Waals surface area contributed by atoms with Gasteiger partial charge in [0.2, 0.25) is 5.91 Å². The average Bonchev–Trinajstić information content (AvgIpc) is 2.84. The lowest BCUT2D eigenvalue weighted by atomic mass is 10.1. The van der Waals surface area contributed by atoms with Gasteiger partial charge >= 0.3 is 0 Å². The van der Waals surface area contributed by atoms with E-state index in [-0.39, 0.29) is 5.91 Å². The number of carbonyl (C=O) groups is 1. The molecule has 1 aliphatic rings. The number of hydrogen-bond acceptors (Lipinski definition) is 4. The second-order valence-electron chi connectivity index (χ2n) is 6.85. The second-order valence-corrected chi connectivity index (χ2v) is 6.85. The Hall–Kier alpha value is -2.34. The summed E-state index contributed by atoms with van der Waals surface area (Å²) in [6.07, 6.45) is 0.446. The zero-order valence-electron chi connectivity index (χ0n) is 15.3. The number of piperazine rings is 1. The highest BCUT2D eigenvalue weighted by atomic mass is 16.2. The lowest BCUT2D eigenvalue weighted by Crippen LogP contribution is -2.48. The van der Waals surface area contributed by atoms with E-state index in [0.717, 1.165) is 49.7 Å². The summed E-state index contributed by atoms with van der Waals surface area (Å²) in [6, 6.07) is 7.55. The largest absolute Gasteiger partial charge is 0.399 e. The van der Waals surface area contributed by atoms with E-state index in [2.05, 4.69) is 23.8 Å². The van der Waals surface area contributed by atoms with Crippen molar-refractivity contribution in [1.29, 1.82) is 0 Å². The molecule has 1 aromatic carbocycles. The van der Waals surface area contributed by atoms with Gasteiger partial charge in [-0.05, 0) is 31.5 Å². The summed E-state index contributed by atoms with van der Waals surface area (Å²) in [5, 5.41) is 4.49. The van der Waals surface area contributed by atoms with Crippen molar-refractivity contribution >= 4 is 11.6 Å². The fraction of sp³-hybridized carbons (Fsp3) is 0.474. The third-order valence-electron chi connectivity index (χ3n) is 5.10. The number of benzene rings is 1. The molecule has 0 atom stereocenters. The van der Waals surface area contributed by atoms with Crippen LogP contribution in [0.2, 0.25) is 0 Å². The number of anilines is 1. The molecule has 2 N–H and O–H groups in total. The van der Waals surface area contributed by atoms with E-state index in [1.165, 1.54) is 11.3 Å². The fourth-order valence-corrected chi connectivity index (χ4v) is 3.35. The van der Waals surface area contributed by atoms with Gasteiger partial charge in [-0.15, -0.1) is 0 Å². The minimum absolute atomic E-state index is 0.193. The van der Waals surface area contributed by atoms with E-state index in [1.807, 2.05) is 40.9 Å². The molecular formula is C19H27N5O. The summed E-state index contributed by atoms with van der Waals surface area (Å²) >= 11 is 0. The molecule has 1 fully saturated rings. The highest BCUT2D eigenvalue weighted by Gasteiger charge is 2.22. The van der Waals surface area contributed by atoms with Gasteiger partial charge in [0.25, 0.3) is 0 Å². The molecule has 1 saturated heterocycles. The highest BCUT2D eigenvalue weighted by Crippen LogP contribution is 2.16. The van der Waals surface area contributed by atoms with Crippen LogP contribution in [0, 0.1) is 13.8 Å². The summed E-state index contributed by atoms with van der Waals surface area (Å²) in [5.74, 6) is 0.193. The first-order valence-corrected chi connectivity index (χ1v) is 8.77. The van der Waals surface area contributed by atoms with Gasteiger partial charge in [0.05, 0.1) is 12.1 Å². The SMILES string of the molecule is Cc1nn(C)c(C)c1CN1CCN(C(=O)Cc2ccc(N)cc2)CC1. The first-order valence-electron chi connectivity index (χ1n) is 8.77. The van der Waals surface area contributed by atoms with Gasteiger partial charge in [-0.1, -0.05) is 12.1 Å². The number of aromatic nitrogens is 2. The number of amides is 1. The molecule has 1 amide bonds. The van der Waals surface area contributed by atoms with Crippen molar-refractivity contribution in [1.82, 2.24) is 19.6 Å². The zero-order chi connectivity index (χ0) is 18.0. The number of nitrogens with zero attached hydrogens (tertiary/aromatic N) is 4. The fourth-order valence-electron chi connectivity index (χ4n) is 3.35. The van der Waals surface area contributed by atoms with E-state index in [9.17, 15) is 4.79 Å². The Morgan fingerprint density at radius 2 is 1.76 bits per heavy atom. The van der Waals surface area contributed by atoms with Crippen LogP contribution < -0.4 is 5.73 Å². The van der Waals surface area contributed by atoms with Gasteiger partial charge in [-0.3, -0.25) is 14.4 Å². The summed E-state index contributed by atoms with van der Waals surface area (Å²) in [5.41, 5.74) is 11.1. The first-order chi connectivity index (χ1) is 11.9. The lowest BCUT2D eigenvalue weighted by molar-refractivity contribution is -0.132. The van der Waals surface area contributed by atoms with Crippen LogP contribution in [0.15, 0.2) is 24.3 Å². The van der Waals surface area contributed by atoms with Gasteiger partial charge in [0.15, 0.2) is 0 Å². The molecule has 3 rings (SSSR count). The summed E-state index contributed by atoms with van der Waals surface area (Å²) in [6.45, 7) is 8.46. The van der Waals surface area contributed by atoms with Gasteiger partial charge in [0.1, 0.15) is 0 Å². The topological polar surface area (TPSA) is 67.4 Å². The third-order valence-corrected chi connectivity index (χ3v) is 5.10. The molecule has 1 aromatic heterocycles. The van der Waals surface area contributed by atoms with Crippen molar-refractivity contribution in [3.8, 4) is 0 Å². The number of nitrogens with two attached hydrogens (primary N) is 1. The molecule has 1 aliphatic heterocycles. The normalized spacial score (nSPS) is 15.6. The number of carbonyl (C=O) groups excluding carboxylic acids is 1. The Bertz CT molecular complexity index is 742. The van der Waals surface area contributed by atoms with Crippen LogP contribution >= 0.6 is 0 Å². The molecule has 25 heavy (non-hydrogen) atoms. The van der Waals surface area contributed by atoms with Gasteiger partial charge < -0.3 is 10.6 Å². The molecular weight excluding hydrogens is 314 g/mol. The van der Waals surface area contributed by atoms with Crippen LogP contribution in [0.3, 0.4) is 0 Å². The minimum Gasteiger partial charge on any atom is -0.399 e. The highest BCUT2D eigenvalue weighted by molar-refractivity contribution is 5.79. The Labute approximate surface area is 149 Å². The molecule has 2 heterocycles. The Morgan fingerprint density at radius 1 is 1.12 bits per heavy atom. The molecule has 0 unspecified atom stereocenters. The van der Waals surface area contributed by atoms with Gasteiger partial charge in [-0.2, -0.15) is 5.10 Å². The quantitative estimate of drug-likeness (QED) is 0.856. The van der Waals surface area contributed by atoms with Crippen LogP contribution in [0.5, 0.6) is 0 Å². The first kappa shape index (κ1) is 17.5. The van der Waals surface area contributed by atoms with Crippen molar-refractivity contribution < 1.29 is 4.79 Å². The second kappa shape index (κ2) is 7.27. The molecule has 0 spiro atoms. The predicted octanol–water partition coefficient (Wildman–Crippen LogP) is 1.51. The lowest BCUT2D eigenvalue weighted by Gasteiger charge is -2.35. The Balaban J connectivity index is 1.53. The third kappa shape index (κ3) is 4.02. The van der Waals surface area contributed by atoms with Crippen LogP contribution in [0.1, 0.15) is 22.5 Å². The van der Waals surface area contributed by atoms with E-state index >= 15 is 0 Å². The molecule has 6 heteroatoms. The summed E-state index contributed by atoms with van der Waals surface area (Å²) in [4.78, 5) is 16.9. The minimum atomic E-state index is 0.193. The molecule has 0 aliphatic carbocycles. The predicted molar refractivity (Wildman–Crippen MR) is 99.1 cm³/mol. The van der Waals surface area contributed by atoms with Crippen LogP contribution in [-0.4, -0.2) is 51.7 Å². The summed E-state index contributed by atoms with van der Waals surface area (Å²) in [7, 11) is 1.99. The molecule has 0 saturated carbocycles. The molecule has 0 radical (unpaired) electrons. The number of nitrogen functional groups attached to an aromatic ring is 1. The maximum Gasteiger partial charge on any atom is 0.227 e. The number of rotatable bonds is 4. The van der Waals surface area contributed by atoms with Crippen LogP contribution in [-0.2, 0) is 24.8 Å². The van der Waals surface area contributed by atoms with Crippen LogP contribution in [0.4, 0.5) is 5.69 Å². The average molecular weight is 341 g/mol. The maximum absolute atomic E-state index is 12.5. The van der Waals surface area contributed by atoms with Crippen molar-refractivity contribution in [2.45, 2.75) is 26.8 Å². The van der Waals surface area contributed by atoms with Gasteiger partial charge in [-0.25, -0.2) is 0 Å². The van der Waals surface area contributed by atoms with E-state index < -0.39 is 0 Å². The molecule has 134 valence electrons. The molecule has 6 nitrogen and oxygen atoms in total. The van der Waals surface area contributed by atoms with Crippen molar-refractivity contribution in [2.75, 3.05) is 31.9 Å². The van der Waals surface area contributed by atoms with Crippen molar-refractivity contribution in [3.05, 3.63) is 46.8 Å². The Morgan fingerprint density at radius 3 is 2.32 bits per heavy atom. The van der Waals surface area contributed by atoms with E-state index in [1.54, 1.807) is 0 Å². The van der Waals surface area contributed by atoms with E-state index in [0.29, 0.717) is 6.42 Å². The van der Waals surface area contributed by atoms with E-state index in [4.69, 9.17) is 5.73 Å². The molecule has 0 bridgehead atoms. The maximum atomic E-state index is 12.5. The van der Waals surface area contributed by atoms with Crippen molar-refractivity contribution in [2.24, 2.45) is 7.05 Å². The summed E-state index contributed by atoms with van der Waals surface area (Å²) < 4.78 is 1.94. The monoisotopic (exact) mass is 341 g/mol. The standard InChI is InChI=1S/C19H27N5O/c1-14-18(15(2)22(3)21-14)13-23-8-10-24(11-9-23)19(25)12-16-4-6-17(20)7-5-16/h4-7H,8-13,20H2,1-3H3. The van der Waals surface area contributed by atoms with Crippen molar-refractivity contribution in [3.63, 3.8) is 0 Å². The van der Waals surface area contributed by atoms with Crippen LogP contribution in [0.25, 0.3) is 0 Å². The smallest absolute Gasteiger partial charge is 0.227 e. The Kier molecular flexibility index (Phi) is 5.08. The zero-order valence-corrected chi connectivity index (χ0v) is 15.3. The number of aryl methyl sites for hydroxylation is 2. The molecule has 2 aromatic rings. The number of hydrogen-bond donors (Lipinski definition) is 1. The van der Waals surface area contributed by atoms with Gasteiger partial charge in [0, 0.05) is 56.7 Å².